The summed E-state index contributed by atoms with van der Waals surface area (Å²) in [6.45, 7) is 1.19. The molecule has 2 aliphatic rings. The molecule has 0 radical (unpaired) electrons. The van der Waals surface area contributed by atoms with Crippen molar-refractivity contribution in [2.45, 2.75) is 25.8 Å². The van der Waals surface area contributed by atoms with E-state index < -0.39 is 41.3 Å². The van der Waals surface area contributed by atoms with Crippen LogP contribution in [-0.2, 0) is 9.59 Å². The number of imide groups is 2. The second-order valence-corrected chi connectivity index (χ2v) is 5.17. The molecule has 1 N–H and O–H groups in total. The van der Waals surface area contributed by atoms with E-state index in [4.69, 9.17) is 0 Å². The molecule has 2 aliphatic heterocycles. The molecular formula is C14H10F2N2O4. The van der Waals surface area contributed by atoms with Crippen LogP contribution in [0.4, 0.5) is 8.78 Å². The second-order valence-electron chi connectivity index (χ2n) is 5.17. The van der Waals surface area contributed by atoms with Crippen LogP contribution in [0.25, 0.3) is 0 Å². The van der Waals surface area contributed by atoms with Crippen molar-refractivity contribution in [2.24, 2.45) is 0 Å². The Morgan fingerprint density at radius 3 is 2.50 bits per heavy atom. The molecule has 0 bridgehead atoms. The van der Waals surface area contributed by atoms with Crippen LogP contribution in [0.1, 0.15) is 39.1 Å². The molecule has 8 heteroatoms. The largest absolute Gasteiger partial charge is 0.295 e. The Balaban J connectivity index is 2.06. The maximum atomic E-state index is 13.6. The predicted octanol–water partition coefficient (Wildman–Crippen LogP) is 0.674. The summed E-state index contributed by atoms with van der Waals surface area (Å²) in [5, 5.41) is 2.04. The summed E-state index contributed by atoms with van der Waals surface area (Å²) in [6.07, 6.45) is -0.0360. The number of hydrogen-bond donors (Lipinski definition) is 1. The fourth-order valence-electron chi connectivity index (χ4n) is 2.75. The lowest BCUT2D eigenvalue weighted by Gasteiger charge is -2.27. The van der Waals surface area contributed by atoms with Gasteiger partial charge in [0.05, 0.1) is 11.1 Å². The minimum Gasteiger partial charge on any atom is -0.295 e. The molecule has 1 aromatic rings. The Bertz CT molecular complexity index is 760. The van der Waals surface area contributed by atoms with Crippen molar-refractivity contribution in [1.29, 1.82) is 0 Å². The van der Waals surface area contributed by atoms with Gasteiger partial charge in [-0.05, 0) is 19.4 Å². The summed E-state index contributed by atoms with van der Waals surface area (Å²) in [5.41, 5.74) is -0.789. The third-order valence-corrected chi connectivity index (χ3v) is 3.86. The highest BCUT2D eigenvalue weighted by Crippen LogP contribution is 2.31. The Morgan fingerprint density at radius 2 is 1.86 bits per heavy atom. The summed E-state index contributed by atoms with van der Waals surface area (Å²) < 4.78 is 27.1. The van der Waals surface area contributed by atoms with Gasteiger partial charge in [0.2, 0.25) is 11.8 Å². The van der Waals surface area contributed by atoms with Gasteiger partial charge in [-0.2, -0.15) is 0 Å². The molecule has 4 amide bonds. The first-order valence-corrected chi connectivity index (χ1v) is 6.53. The molecule has 0 saturated carbocycles. The molecule has 114 valence electrons. The van der Waals surface area contributed by atoms with Crippen LogP contribution in [0.2, 0.25) is 0 Å². The fourth-order valence-corrected chi connectivity index (χ4v) is 2.75. The zero-order valence-corrected chi connectivity index (χ0v) is 11.4. The summed E-state index contributed by atoms with van der Waals surface area (Å²) in [7, 11) is 0. The highest BCUT2D eigenvalue weighted by Gasteiger charge is 2.46. The Morgan fingerprint density at radius 1 is 1.18 bits per heavy atom. The number of carbonyl (C=O) groups excluding carboxylic acids is 4. The SMILES string of the molecule is Cc1c(F)c(F)cc2c1C(=O)N(C1CCC(=O)NC1=O)C2=O. The molecule has 1 fully saturated rings. The minimum absolute atomic E-state index is 0.0137. The van der Waals surface area contributed by atoms with E-state index in [1.165, 1.54) is 6.92 Å². The van der Waals surface area contributed by atoms with Crippen LogP contribution < -0.4 is 5.32 Å². The predicted molar refractivity (Wildman–Crippen MR) is 67.8 cm³/mol. The van der Waals surface area contributed by atoms with Gasteiger partial charge in [-0.25, -0.2) is 8.78 Å². The fraction of sp³-hybridized carbons (Fsp3) is 0.286. The van der Waals surface area contributed by atoms with Crippen LogP contribution in [0, 0.1) is 18.6 Å². The van der Waals surface area contributed by atoms with Gasteiger partial charge in [-0.1, -0.05) is 0 Å². The number of nitrogens with zero attached hydrogens (tertiary/aromatic N) is 1. The van der Waals surface area contributed by atoms with Crippen molar-refractivity contribution in [3.8, 4) is 0 Å². The second kappa shape index (κ2) is 4.69. The monoisotopic (exact) mass is 308 g/mol. The normalized spacial score (nSPS) is 21.2. The number of fused-ring (bicyclic) bond motifs is 1. The molecule has 1 unspecified atom stereocenters. The van der Waals surface area contributed by atoms with Crippen LogP contribution in [-0.4, -0.2) is 34.6 Å². The summed E-state index contributed by atoms with van der Waals surface area (Å²) >= 11 is 0. The highest BCUT2D eigenvalue weighted by molar-refractivity contribution is 6.24. The van der Waals surface area contributed by atoms with Crippen molar-refractivity contribution < 1.29 is 28.0 Å². The van der Waals surface area contributed by atoms with Gasteiger partial charge in [0, 0.05) is 12.0 Å². The van der Waals surface area contributed by atoms with E-state index in [9.17, 15) is 28.0 Å². The maximum absolute atomic E-state index is 13.6. The lowest BCUT2D eigenvalue weighted by Crippen LogP contribution is -2.54. The van der Waals surface area contributed by atoms with E-state index in [0.29, 0.717) is 11.0 Å². The molecule has 22 heavy (non-hydrogen) atoms. The molecule has 1 atom stereocenters. The van der Waals surface area contributed by atoms with Gasteiger partial charge in [0.25, 0.3) is 11.8 Å². The van der Waals surface area contributed by atoms with E-state index in [0.717, 1.165) is 0 Å². The molecule has 0 spiro atoms. The van der Waals surface area contributed by atoms with E-state index in [2.05, 4.69) is 0 Å². The molecule has 3 rings (SSSR count). The standard InChI is InChI=1S/C14H10F2N2O4/c1-5-10-6(4-7(15)11(5)16)13(21)18(14(10)22)8-2-3-9(19)17-12(8)20/h4,8H,2-3H2,1H3,(H,17,19,20). The molecule has 6 nitrogen and oxygen atoms in total. The number of piperidine rings is 1. The number of benzene rings is 1. The number of nitrogens with one attached hydrogen (secondary N) is 1. The molecule has 1 aromatic carbocycles. The number of rotatable bonds is 1. The topological polar surface area (TPSA) is 83.6 Å². The number of carbonyl (C=O) groups is 4. The summed E-state index contributed by atoms with van der Waals surface area (Å²) in [6, 6.07) is -0.500. The van der Waals surface area contributed by atoms with Crippen molar-refractivity contribution in [3.05, 3.63) is 34.4 Å². The average molecular weight is 308 g/mol. The number of amides is 4. The van der Waals surface area contributed by atoms with Crippen LogP contribution >= 0.6 is 0 Å². The van der Waals surface area contributed by atoms with Crippen molar-refractivity contribution >= 4 is 23.6 Å². The average Bonchev–Trinajstić information content (AvgIpc) is 2.69. The molecular weight excluding hydrogens is 298 g/mol. The van der Waals surface area contributed by atoms with E-state index in [-0.39, 0.29) is 29.5 Å². The van der Waals surface area contributed by atoms with Gasteiger partial charge >= 0.3 is 0 Å². The first-order valence-electron chi connectivity index (χ1n) is 6.53. The van der Waals surface area contributed by atoms with Crippen molar-refractivity contribution in [2.75, 3.05) is 0 Å². The Kier molecular flexibility index (Phi) is 3.05. The van der Waals surface area contributed by atoms with Gasteiger partial charge in [0.15, 0.2) is 11.6 Å². The van der Waals surface area contributed by atoms with Gasteiger partial charge in [-0.15, -0.1) is 0 Å². The lowest BCUT2D eigenvalue weighted by atomic mass is 10.0. The molecule has 0 aliphatic carbocycles. The number of halogens is 2. The third kappa shape index (κ3) is 1.83. The quantitative estimate of drug-likeness (QED) is 0.773. The van der Waals surface area contributed by atoms with E-state index >= 15 is 0 Å². The molecule has 1 saturated heterocycles. The van der Waals surface area contributed by atoms with Gasteiger partial charge < -0.3 is 0 Å². The summed E-state index contributed by atoms with van der Waals surface area (Å²) in [4.78, 5) is 48.3. The minimum atomic E-state index is -1.23. The lowest BCUT2D eigenvalue weighted by molar-refractivity contribution is -0.136. The number of hydrogen-bond acceptors (Lipinski definition) is 4. The van der Waals surface area contributed by atoms with E-state index in [1.807, 2.05) is 5.32 Å². The zero-order chi connectivity index (χ0) is 16.2. The summed E-state index contributed by atoms with van der Waals surface area (Å²) in [5.74, 6) is -5.43. The molecule has 2 heterocycles. The maximum Gasteiger partial charge on any atom is 0.262 e. The van der Waals surface area contributed by atoms with Gasteiger partial charge in [0.1, 0.15) is 6.04 Å². The van der Waals surface area contributed by atoms with E-state index in [1.54, 1.807) is 0 Å². The van der Waals surface area contributed by atoms with Crippen molar-refractivity contribution in [3.63, 3.8) is 0 Å². The van der Waals surface area contributed by atoms with Crippen LogP contribution in [0.3, 0.4) is 0 Å². The molecule has 0 aromatic heterocycles. The third-order valence-electron chi connectivity index (χ3n) is 3.86. The first kappa shape index (κ1) is 14.3. The Hall–Kier alpha value is -2.64. The highest BCUT2D eigenvalue weighted by atomic mass is 19.2. The smallest absolute Gasteiger partial charge is 0.262 e. The van der Waals surface area contributed by atoms with Crippen molar-refractivity contribution in [1.82, 2.24) is 10.2 Å². The van der Waals surface area contributed by atoms with Crippen LogP contribution in [0.15, 0.2) is 6.07 Å². The zero-order valence-electron chi connectivity index (χ0n) is 11.4. The Labute approximate surface area is 123 Å². The first-order chi connectivity index (χ1) is 10.3. The van der Waals surface area contributed by atoms with Crippen LogP contribution in [0.5, 0.6) is 0 Å². The van der Waals surface area contributed by atoms with Gasteiger partial charge in [-0.3, -0.25) is 29.4 Å².